The number of aromatic nitrogens is 1. The fraction of sp³-hybridized carbons (Fsp3) is 0.500. The fourth-order valence-corrected chi connectivity index (χ4v) is 1.37. The Morgan fingerprint density at radius 1 is 1.47 bits per heavy atom. The summed E-state index contributed by atoms with van der Waals surface area (Å²) in [7, 11) is 0. The smallest absolute Gasteiger partial charge is 0.123 e. The van der Waals surface area contributed by atoms with E-state index in [1.54, 1.807) is 6.20 Å². The Morgan fingerprint density at radius 3 is 3.00 bits per heavy atom. The molecule has 17 heavy (non-hydrogen) atoms. The molecule has 0 aliphatic heterocycles. The highest BCUT2D eigenvalue weighted by Gasteiger charge is 1.98. The van der Waals surface area contributed by atoms with Crippen LogP contribution in [0, 0.1) is 5.92 Å². The van der Waals surface area contributed by atoms with Crippen LogP contribution in [-0.2, 0) is 6.54 Å². The molecule has 0 amide bonds. The molecule has 0 aliphatic carbocycles. The van der Waals surface area contributed by atoms with Gasteiger partial charge in [-0.1, -0.05) is 26.0 Å². The molecule has 3 heteroatoms. The summed E-state index contributed by atoms with van der Waals surface area (Å²) in [5, 5.41) is 3.36. The molecule has 1 N–H and O–H groups in total. The second-order valence-electron chi connectivity index (χ2n) is 4.39. The van der Waals surface area contributed by atoms with E-state index in [0.717, 1.165) is 24.5 Å². The molecule has 0 aliphatic rings. The molecule has 94 valence electrons. The van der Waals surface area contributed by atoms with E-state index in [0.29, 0.717) is 12.5 Å². The lowest BCUT2D eigenvalue weighted by Gasteiger charge is -2.08. The molecule has 1 rings (SSSR count). The molecule has 0 radical (unpaired) electrons. The summed E-state index contributed by atoms with van der Waals surface area (Å²) >= 11 is 0. The second-order valence-corrected chi connectivity index (χ2v) is 4.39. The Morgan fingerprint density at radius 2 is 2.29 bits per heavy atom. The molecular weight excluding hydrogens is 212 g/mol. The molecule has 1 aromatic heterocycles. The number of ether oxygens (including phenoxy) is 1. The largest absolute Gasteiger partial charge is 0.489 e. The Labute approximate surface area is 104 Å². The van der Waals surface area contributed by atoms with Crippen LogP contribution in [0.5, 0.6) is 5.75 Å². The summed E-state index contributed by atoms with van der Waals surface area (Å²) in [5.74, 6) is 1.53. The minimum absolute atomic E-state index is 0.610. The van der Waals surface area contributed by atoms with Crippen LogP contribution in [0.1, 0.15) is 26.5 Å². The molecule has 0 bridgehead atoms. The Bertz CT molecular complexity index is 348. The Hall–Kier alpha value is -1.35. The van der Waals surface area contributed by atoms with Crippen LogP contribution in [0.4, 0.5) is 0 Å². The summed E-state index contributed by atoms with van der Waals surface area (Å²) in [5.41, 5.74) is 1.02. The first kappa shape index (κ1) is 13.7. The minimum atomic E-state index is 0.610. The number of rotatable bonds is 7. The van der Waals surface area contributed by atoms with Gasteiger partial charge in [-0.05, 0) is 25.5 Å². The Kier molecular flexibility index (Phi) is 6.33. The van der Waals surface area contributed by atoms with Gasteiger partial charge in [0.1, 0.15) is 12.4 Å². The van der Waals surface area contributed by atoms with Crippen LogP contribution in [-0.4, -0.2) is 18.1 Å². The highest BCUT2D eigenvalue weighted by molar-refractivity contribution is 5.22. The second kappa shape index (κ2) is 7.85. The standard InChI is InChI=1S/C14H22N2O/c1-4-5-8-17-14-6-7-16-13(9-14)11-15-10-12(2)3/h4-7,9,12,15H,8,10-11H2,1-3H3/b5-4+. The normalized spacial score (nSPS) is 11.3. The van der Waals surface area contributed by atoms with Crippen molar-refractivity contribution >= 4 is 0 Å². The van der Waals surface area contributed by atoms with Gasteiger partial charge in [-0.3, -0.25) is 4.98 Å². The lowest BCUT2D eigenvalue weighted by Crippen LogP contribution is -2.19. The number of nitrogens with one attached hydrogen (secondary N) is 1. The molecule has 0 spiro atoms. The van der Waals surface area contributed by atoms with Gasteiger partial charge < -0.3 is 10.1 Å². The van der Waals surface area contributed by atoms with E-state index in [1.807, 2.05) is 31.2 Å². The molecule has 0 aromatic carbocycles. The third-order valence-electron chi connectivity index (χ3n) is 2.23. The first-order valence-corrected chi connectivity index (χ1v) is 6.12. The van der Waals surface area contributed by atoms with E-state index < -0.39 is 0 Å². The van der Waals surface area contributed by atoms with Crippen molar-refractivity contribution in [3.8, 4) is 5.75 Å². The average molecular weight is 234 g/mol. The molecule has 0 fully saturated rings. The monoisotopic (exact) mass is 234 g/mol. The van der Waals surface area contributed by atoms with E-state index in [-0.39, 0.29) is 0 Å². The third-order valence-corrected chi connectivity index (χ3v) is 2.23. The van der Waals surface area contributed by atoms with Crippen LogP contribution in [0.3, 0.4) is 0 Å². The van der Waals surface area contributed by atoms with Gasteiger partial charge in [0.15, 0.2) is 0 Å². The van der Waals surface area contributed by atoms with Crippen LogP contribution in [0.2, 0.25) is 0 Å². The van der Waals surface area contributed by atoms with E-state index >= 15 is 0 Å². The number of pyridine rings is 1. The van der Waals surface area contributed by atoms with Gasteiger partial charge in [-0.2, -0.15) is 0 Å². The van der Waals surface area contributed by atoms with Crippen molar-refractivity contribution in [3.63, 3.8) is 0 Å². The molecule has 3 nitrogen and oxygen atoms in total. The maximum Gasteiger partial charge on any atom is 0.123 e. The first-order valence-electron chi connectivity index (χ1n) is 6.12. The van der Waals surface area contributed by atoms with Crippen LogP contribution in [0.15, 0.2) is 30.5 Å². The number of nitrogens with zero attached hydrogens (tertiary/aromatic N) is 1. The maximum atomic E-state index is 5.56. The van der Waals surface area contributed by atoms with Gasteiger partial charge >= 0.3 is 0 Å². The predicted molar refractivity (Wildman–Crippen MR) is 71.1 cm³/mol. The summed E-state index contributed by atoms with van der Waals surface area (Å²) in [4.78, 5) is 4.30. The average Bonchev–Trinajstić information content (AvgIpc) is 2.29. The number of hydrogen-bond donors (Lipinski definition) is 1. The van der Waals surface area contributed by atoms with Crippen molar-refractivity contribution in [1.82, 2.24) is 10.3 Å². The van der Waals surface area contributed by atoms with Crippen molar-refractivity contribution in [1.29, 1.82) is 0 Å². The maximum absolute atomic E-state index is 5.56. The van der Waals surface area contributed by atoms with Crippen LogP contribution < -0.4 is 10.1 Å². The van der Waals surface area contributed by atoms with Crippen molar-refractivity contribution in [3.05, 3.63) is 36.2 Å². The topological polar surface area (TPSA) is 34.1 Å². The molecular formula is C14H22N2O. The van der Waals surface area contributed by atoms with Crippen LogP contribution >= 0.6 is 0 Å². The van der Waals surface area contributed by atoms with Gasteiger partial charge in [-0.15, -0.1) is 0 Å². The predicted octanol–water partition coefficient (Wildman–Crippen LogP) is 2.78. The lowest BCUT2D eigenvalue weighted by molar-refractivity contribution is 0.361. The quantitative estimate of drug-likeness (QED) is 0.737. The van der Waals surface area contributed by atoms with Gasteiger partial charge in [-0.25, -0.2) is 0 Å². The molecule has 0 saturated carbocycles. The summed E-state index contributed by atoms with van der Waals surface area (Å²) < 4.78 is 5.56. The summed E-state index contributed by atoms with van der Waals surface area (Å²) in [6, 6.07) is 3.87. The lowest BCUT2D eigenvalue weighted by atomic mass is 10.2. The molecule has 1 heterocycles. The molecule has 0 saturated heterocycles. The zero-order valence-electron chi connectivity index (χ0n) is 10.9. The van der Waals surface area contributed by atoms with E-state index in [2.05, 4.69) is 24.1 Å². The van der Waals surface area contributed by atoms with Gasteiger partial charge in [0.25, 0.3) is 0 Å². The van der Waals surface area contributed by atoms with E-state index in [1.165, 1.54) is 0 Å². The van der Waals surface area contributed by atoms with Crippen molar-refractivity contribution in [2.75, 3.05) is 13.2 Å². The highest BCUT2D eigenvalue weighted by Crippen LogP contribution is 2.10. The molecule has 0 unspecified atom stereocenters. The SMILES string of the molecule is C/C=C/COc1ccnc(CNCC(C)C)c1. The van der Waals surface area contributed by atoms with Gasteiger partial charge in [0.05, 0.1) is 5.69 Å². The minimum Gasteiger partial charge on any atom is -0.489 e. The number of allylic oxidation sites excluding steroid dienone is 1. The molecule has 0 atom stereocenters. The van der Waals surface area contributed by atoms with E-state index in [9.17, 15) is 0 Å². The van der Waals surface area contributed by atoms with Crippen molar-refractivity contribution in [2.45, 2.75) is 27.3 Å². The van der Waals surface area contributed by atoms with Crippen LogP contribution in [0.25, 0.3) is 0 Å². The zero-order chi connectivity index (χ0) is 12.5. The zero-order valence-corrected chi connectivity index (χ0v) is 10.9. The molecule has 1 aromatic rings. The van der Waals surface area contributed by atoms with Crippen molar-refractivity contribution in [2.24, 2.45) is 5.92 Å². The summed E-state index contributed by atoms with van der Waals surface area (Å²) in [6.45, 7) is 8.77. The highest BCUT2D eigenvalue weighted by atomic mass is 16.5. The third kappa shape index (κ3) is 6.07. The van der Waals surface area contributed by atoms with E-state index in [4.69, 9.17) is 4.74 Å². The number of hydrogen-bond acceptors (Lipinski definition) is 3. The van der Waals surface area contributed by atoms with Gasteiger partial charge in [0.2, 0.25) is 0 Å². The first-order chi connectivity index (χ1) is 8.22. The summed E-state index contributed by atoms with van der Waals surface area (Å²) in [6.07, 6.45) is 5.75. The fourth-order valence-electron chi connectivity index (χ4n) is 1.37. The van der Waals surface area contributed by atoms with Gasteiger partial charge in [0, 0.05) is 18.8 Å². The Balaban J connectivity index is 2.42. The van der Waals surface area contributed by atoms with Crippen molar-refractivity contribution < 1.29 is 4.74 Å².